The predicted molar refractivity (Wildman–Crippen MR) is 255 cm³/mol. The van der Waals surface area contributed by atoms with Crippen LogP contribution in [0.1, 0.15) is 0 Å². The van der Waals surface area contributed by atoms with Crippen LogP contribution in [0.4, 0.5) is 17.1 Å². The topological polar surface area (TPSA) is 29.5 Å². The summed E-state index contributed by atoms with van der Waals surface area (Å²) in [7, 11) is 0. The first-order chi connectivity index (χ1) is 30.2. The van der Waals surface area contributed by atoms with Crippen molar-refractivity contribution >= 4 is 71.7 Å². The van der Waals surface area contributed by atoms with Gasteiger partial charge in [-0.3, -0.25) is 0 Å². The minimum Gasteiger partial charge on any atom is -0.455 e. The summed E-state index contributed by atoms with van der Waals surface area (Å²) in [5.74, 6) is 0. The van der Waals surface area contributed by atoms with E-state index in [1.807, 2.05) is 12.1 Å². The van der Waals surface area contributed by atoms with Gasteiger partial charge in [-0.2, -0.15) is 0 Å². The van der Waals surface area contributed by atoms with Crippen molar-refractivity contribution in [3.05, 3.63) is 224 Å². The molecule has 0 fully saturated rings. The maximum atomic E-state index is 6.79. The summed E-state index contributed by atoms with van der Waals surface area (Å²) >= 11 is 0. The molecule has 0 radical (unpaired) electrons. The van der Waals surface area contributed by atoms with Crippen LogP contribution in [-0.2, 0) is 0 Å². The van der Waals surface area contributed by atoms with Crippen molar-refractivity contribution in [1.29, 1.82) is 0 Å². The average molecular weight is 780 g/mol. The number of furan rings is 2. The molecule has 12 rings (SSSR count). The molecule has 286 valence electrons. The molecule has 61 heavy (non-hydrogen) atoms. The van der Waals surface area contributed by atoms with Crippen molar-refractivity contribution in [1.82, 2.24) is 0 Å². The fourth-order valence-electron chi connectivity index (χ4n) is 9.10. The summed E-state index contributed by atoms with van der Waals surface area (Å²) in [4.78, 5) is 2.36. The van der Waals surface area contributed by atoms with Crippen LogP contribution in [0.2, 0.25) is 0 Å². The highest BCUT2D eigenvalue weighted by atomic mass is 16.3. The van der Waals surface area contributed by atoms with Gasteiger partial charge in [0.2, 0.25) is 0 Å². The van der Waals surface area contributed by atoms with E-state index in [0.29, 0.717) is 0 Å². The zero-order chi connectivity index (χ0) is 40.3. The van der Waals surface area contributed by atoms with Crippen LogP contribution in [0, 0.1) is 0 Å². The van der Waals surface area contributed by atoms with Crippen molar-refractivity contribution in [3.63, 3.8) is 0 Å². The lowest BCUT2D eigenvalue weighted by molar-refractivity contribution is 0.670. The Balaban J connectivity index is 1.00. The Morgan fingerprint density at radius 3 is 1.56 bits per heavy atom. The van der Waals surface area contributed by atoms with Crippen LogP contribution in [0.5, 0.6) is 0 Å². The highest BCUT2D eigenvalue weighted by Crippen LogP contribution is 2.46. The van der Waals surface area contributed by atoms with Gasteiger partial charge in [-0.25, -0.2) is 0 Å². The Labute approximate surface area is 353 Å². The van der Waals surface area contributed by atoms with Crippen molar-refractivity contribution < 1.29 is 8.83 Å². The van der Waals surface area contributed by atoms with Crippen LogP contribution in [0.25, 0.3) is 99.2 Å². The second kappa shape index (κ2) is 14.3. The first kappa shape index (κ1) is 34.9. The molecule has 0 N–H and O–H groups in total. The lowest BCUT2D eigenvalue weighted by Crippen LogP contribution is -2.11. The second-order valence-electron chi connectivity index (χ2n) is 15.7. The van der Waals surface area contributed by atoms with Crippen LogP contribution < -0.4 is 4.90 Å². The monoisotopic (exact) mass is 779 g/mol. The molecule has 0 unspecified atom stereocenters. The molecule has 3 nitrogen and oxygen atoms in total. The predicted octanol–water partition coefficient (Wildman–Crippen LogP) is 16.8. The Morgan fingerprint density at radius 1 is 0.279 bits per heavy atom. The van der Waals surface area contributed by atoms with Gasteiger partial charge in [0.15, 0.2) is 0 Å². The Kier molecular flexibility index (Phi) is 8.17. The largest absolute Gasteiger partial charge is 0.455 e. The van der Waals surface area contributed by atoms with E-state index in [1.54, 1.807) is 0 Å². The maximum absolute atomic E-state index is 6.79. The lowest BCUT2D eigenvalue weighted by Gasteiger charge is -2.28. The first-order valence-electron chi connectivity index (χ1n) is 20.7. The van der Waals surface area contributed by atoms with E-state index >= 15 is 0 Å². The zero-order valence-corrected chi connectivity index (χ0v) is 33.1. The Hall–Kier alpha value is -8.14. The van der Waals surface area contributed by atoms with E-state index in [-0.39, 0.29) is 0 Å². The van der Waals surface area contributed by atoms with Gasteiger partial charge in [0.25, 0.3) is 0 Å². The smallest absolute Gasteiger partial charge is 0.143 e. The number of para-hydroxylation sites is 4. The molecule has 0 saturated carbocycles. The molecule has 0 aliphatic heterocycles. The summed E-state index contributed by atoms with van der Waals surface area (Å²) in [6.07, 6.45) is 0. The average Bonchev–Trinajstić information content (AvgIpc) is 3.90. The van der Waals surface area contributed by atoms with Crippen molar-refractivity contribution in [2.45, 2.75) is 0 Å². The normalized spacial score (nSPS) is 11.6. The van der Waals surface area contributed by atoms with Crippen molar-refractivity contribution in [3.8, 4) is 44.5 Å². The summed E-state index contributed by atoms with van der Waals surface area (Å²) < 4.78 is 13.3. The third-order valence-electron chi connectivity index (χ3n) is 12.1. The Morgan fingerprint density at radius 2 is 0.787 bits per heavy atom. The third-order valence-corrected chi connectivity index (χ3v) is 12.1. The van der Waals surface area contributed by atoms with E-state index in [0.717, 1.165) is 94.1 Å². The van der Waals surface area contributed by atoms with Crippen molar-refractivity contribution in [2.75, 3.05) is 4.90 Å². The van der Waals surface area contributed by atoms with Gasteiger partial charge in [-0.05, 0) is 93.2 Å². The molecule has 0 aliphatic carbocycles. The number of benzene rings is 10. The highest BCUT2D eigenvalue weighted by molar-refractivity contribution is 6.14. The molecular formula is C58H37NO2. The first-order valence-corrected chi connectivity index (χ1v) is 20.7. The zero-order valence-electron chi connectivity index (χ0n) is 33.1. The number of hydrogen-bond acceptors (Lipinski definition) is 3. The molecular weight excluding hydrogens is 743 g/mol. The van der Waals surface area contributed by atoms with Crippen LogP contribution in [-0.4, -0.2) is 0 Å². The molecule has 2 heterocycles. The fraction of sp³-hybridized carbons (Fsp3) is 0. The number of fused-ring (bicyclic) bond motifs is 7. The van der Waals surface area contributed by atoms with Gasteiger partial charge in [0.05, 0.1) is 5.69 Å². The summed E-state index contributed by atoms with van der Waals surface area (Å²) in [6.45, 7) is 0. The molecule has 0 spiro atoms. The van der Waals surface area contributed by atoms with Gasteiger partial charge in [-0.15, -0.1) is 0 Å². The van der Waals surface area contributed by atoms with Gasteiger partial charge >= 0.3 is 0 Å². The van der Waals surface area contributed by atoms with E-state index in [1.165, 1.54) is 22.1 Å². The highest BCUT2D eigenvalue weighted by Gasteiger charge is 2.21. The summed E-state index contributed by atoms with van der Waals surface area (Å²) in [5, 5.41) is 6.83. The third kappa shape index (κ3) is 5.98. The molecule has 0 saturated heterocycles. The van der Waals surface area contributed by atoms with Crippen molar-refractivity contribution in [2.24, 2.45) is 0 Å². The molecule has 0 bridgehead atoms. The molecule has 2 aromatic heterocycles. The molecule has 0 aliphatic rings. The second-order valence-corrected chi connectivity index (χ2v) is 15.7. The minimum absolute atomic E-state index is 0.878. The quantitative estimate of drug-likeness (QED) is 0.161. The number of anilines is 3. The van der Waals surface area contributed by atoms with E-state index in [2.05, 4.69) is 217 Å². The molecule has 3 heteroatoms. The minimum atomic E-state index is 0.878. The van der Waals surface area contributed by atoms with E-state index in [4.69, 9.17) is 8.83 Å². The molecule has 10 aromatic carbocycles. The number of rotatable bonds is 7. The molecule has 12 aromatic rings. The number of hydrogen-bond donors (Lipinski definition) is 0. The maximum Gasteiger partial charge on any atom is 0.143 e. The SMILES string of the molecule is c1ccc(-c2cccc(-c3ccc(N(c4ccc(-c5cccc6c5oc5ccccc56)cc4)c4ccccc4-c4cccc5c4oc4cc6ccccc6cc45)cc3)c2)cc1. The Bertz CT molecular complexity index is 3580. The van der Waals surface area contributed by atoms with Crippen LogP contribution in [0.3, 0.4) is 0 Å². The van der Waals surface area contributed by atoms with Gasteiger partial charge in [0.1, 0.15) is 22.3 Å². The molecule has 0 atom stereocenters. The van der Waals surface area contributed by atoms with Gasteiger partial charge in [-0.1, -0.05) is 170 Å². The number of nitrogens with zero attached hydrogens (tertiary/aromatic N) is 1. The van der Waals surface area contributed by atoms with Gasteiger partial charge < -0.3 is 13.7 Å². The summed E-state index contributed by atoms with van der Waals surface area (Å²) in [6, 6.07) is 79.9. The molecule has 0 amide bonds. The lowest BCUT2D eigenvalue weighted by atomic mass is 9.97. The van der Waals surface area contributed by atoms with E-state index in [9.17, 15) is 0 Å². The van der Waals surface area contributed by atoms with Crippen LogP contribution in [0.15, 0.2) is 233 Å². The van der Waals surface area contributed by atoms with Crippen LogP contribution >= 0.6 is 0 Å². The standard InChI is InChI=1S/C58H37NO2/c1-2-13-38(14-3-1)41-17-10-18-42(35-41)39-27-31-45(32-28-39)59(46-33-29-40(30-34-46)47-21-11-23-51-49-20-7-9-26-55(49)60-57(47)51)54-25-8-6-19-48(54)50-22-12-24-52-53-36-43-15-4-5-16-44(43)37-56(53)61-58(50)52/h1-37H. The van der Waals surface area contributed by atoms with Gasteiger partial charge in [0, 0.05) is 49.6 Å². The van der Waals surface area contributed by atoms with E-state index < -0.39 is 0 Å². The fourth-order valence-corrected chi connectivity index (χ4v) is 9.10. The summed E-state index contributed by atoms with van der Waals surface area (Å²) in [5.41, 5.74) is 15.7.